The molecule has 0 bridgehead atoms. The van der Waals surface area contributed by atoms with Gasteiger partial charge in [0.05, 0.1) is 6.10 Å². The molecule has 0 aromatic heterocycles. The average molecular weight is 230 g/mol. The minimum atomic E-state index is -0.324. The van der Waals surface area contributed by atoms with Gasteiger partial charge < -0.3 is 10.8 Å². The van der Waals surface area contributed by atoms with Crippen LogP contribution in [0.2, 0.25) is 0 Å². The van der Waals surface area contributed by atoms with Gasteiger partial charge in [-0.3, -0.25) is 4.90 Å². The molecule has 98 valence electrons. The molecule has 0 heterocycles. The van der Waals surface area contributed by atoms with E-state index in [0.717, 1.165) is 25.9 Å². The molecule has 3 unspecified atom stereocenters. The summed E-state index contributed by atoms with van der Waals surface area (Å²) in [6.07, 6.45) is 2.30. The third kappa shape index (κ3) is 4.04. The first-order valence-electron chi connectivity index (χ1n) is 6.66. The van der Waals surface area contributed by atoms with Crippen molar-refractivity contribution >= 4 is 0 Å². The van der Waals surface area contributed by atoms with E-state index in [4.69, 9.17) is 5.73 Å². The topological polar surface area (TPSA) is 49.5 Å². The van der Waals surface area contributed by atoms with Crippen LogP contribution in [0.4, 0.5) is 0 Å². The summed E-state index contributed by atoms with van der Waals surface area (Å²) in [6.45, 7) is 12.5. The van der Waals surface area contributed by atoms with Crippen LogP contribution in [-0.4, -0.2) is 40.8 Å². The zero-order valence-corrected chi connectivity index (χ0v) is 11.7. The summed E-state index contributed by atoms with van der Waals surface area (Å²) < 4.78 is 0. The Morgan fingerprint density at radius 2 is 1.69 bits per heavy atom. The summed E-state index contributed by atoms with van der Waals surface area (Å²) >= 11 is 0. The Kier molecular flexibility index (Phi) is 7.20. The van der Waals surface area contributed by atoms with E-state index in [-0.39, 0.29) is 11.6 Å². The van der Waals surface area contributed by atoms with Gasteiger partial charge in [0.15, 0.2) is 0 Å². The SMILES string of the molecule is CCC(N(CC)CC)C(N)(CC)CC(C)O. The van der Waals surface area contributed by atoms with Crippen LogP contribution in [-0.2, 0) is 0 Å². The van der Waals surface area contributed by atoms with Gasteiger partial charge in [0.2, 0.25) is 0 Å². The van der Waals surface area contributed by atoms with Crippen molar-refractivity contribution in [2.24, 2.45) is 5.73 Å². The lowest BCUT2D eigenvalue weighted by Gasteiger charge is -2.43. The average Bonchev–Trinajstić information content (AvgIpc) is 2.24. The number of aliphatic hydroxyl groups is 1. The van der Waals surface area contributed by atoms with Crippen LogP contribution in [0, 0.1) is 0 Å². The normalized spacial score (nSPS) is 19.5. The first-order valence-corrected chi connectivity index (χ1v) is 6.66. The van der Waals surface area contributed by atoms with Crippen LogP contribution in [0.5, 0.6) is 0 Å². The molecule has 0 fully saturated rings. The van der Waals surface area contributed by atoms with Crippen molar-refractivity contribution in [3.05, 3.63) is 0 Å². The molecule has 0 amide bonds. The Hall–Kier alpha value is -0.120. The largest absolute Gasteiger partial charge is 0.393 e. The second kappa shape index (κ2) is 7.25. The van der Waals surface area contributed by atoms with E-state index in [9.17, 15) is 5.11 Å². The highest BCUT2D eigenvalue weighted by molar-refractivity contribution is 4.96. The molecule has 3 atom stereocenters. The van der Waals surface area contributed by atoms with Crippen LogP contribution in [0.1, 0.15) is 53.9 Å². The van der Waals surface area contributed by atoms with Gasteiger partial charge in [-0.2, -0.15) is 0 Å². The number of nitrogens with zero attached hydrogens (tertiary/aromatic N) is 1. The van der Waals surface area contributed by atoms with Crippen molar-refractivity contribution < 1.29 is 5.11 Å². The van der Waals surface area contributed by atoms with Gasteiger partial charge in [0.25, 0.3) is 0 Å². The molecule has 0 aliphatic heterocycles. The van der Waals surface area contributed by atoms with E-state index in [1.54, 1.807) is 0 Å². The molecule has 0 aliphatic carbocycles. The van der Waals surface area contributed by atoms with Crippen molar-refractivity contribution in [2.75, 3.05) is 13.1 Å². The maximum absolute atomic E-state index is 9.59. The zero-order valence-electron chi connectivity index (χ0n) is 11.7. The Labute approximate surface area is 101 Å². The number of nitrogens with two attached hydrogens (primary N) is 1. The van der Waals surface area contributed by atoms with E-state index in [2.05, 4.69) is 32.6 Å². The molecule has 0 aliphatic rings. The third-order valence-electron chi connectivity index (χ3n) is 3.64. The molecule has 3 N–H and O–H groups in total. The van der Waals surface area contributed by atoms with Crippen LogP contribution in [0.15, 0.2) is 0 Å². The van der Waals surface area contributed by atoms with Gasteiger partial charge in [-0.25, -0.2) is 0 Å². The lowest BCUT2D eigenvalue weighted by atomic mass is 9.81. The maximum Gasteiger partial charge on any atom is 0.0530 e. The Morgan fingerprint density at radius 1 is 1.19 bits per heavy atom. The van der Waals surface area contributed by atoms with Gasteiger partial charge in [-0.05, 0) is 39.3 Å². The van der Waals surface area contributed by atoms with Crippen LogP contribution >= 0.6 is 0 Å². The maximum atomic E-state index is 9.59. The van der Waals surface area contributed by atoms with Crippen LogP contribution < -0.4 is 5.73 Å². The summed E-state index contributed by atoms with van der Waals surface area (Å²) in [7, 11) is 0. The molecular weight excluding hydrogens is 200 g/mol. The fraction of sp³-hybridized carbons (Fsp3) is 1.00. The molecule has 0 rings (SSSR count). The summed E-state index contributed by atoms with van der Waals surface area (Å²) in [5.41, 5.74) is 6.23. The molecular formula is C13H30N2O. The molecule has 0 aromatic carbocycles. The fourth-order valence-corrected chi connectivity index (χ4v) is 2.76. The minimum absolute atomic E-state index is 0.269. The predicted molar refractivity (Wildman–Crippen MR) is 70.5 cm³/mol. The first kappa shape index (κ1) is 15.9. The number of likely N-dealkylation sites (N-methyl/N-ethyl adjacent to an activating group) is 1. The summed E-state index contributed by atoms with van der Waals surface area (Å²) in [4.78, 5) is 2.41. The van der Waals surface area contributed by atoms with Crippen LogP contribution in [0.25, 0.3) is 0 Å². The molecule has 0 radical (unpaired) electrons. The smallest absolute Gasteiger partial charge is 0.0530 e. The highest BCUT2D eigenvalue weighted by Gasteiger charge is 2.35. The lowest BCUT2D eigenvalue weighted by molar-refractivity contribution is 0.0727. The molecule has 0 saturated heterocycles. The lowest BCUT2D eigenvalue weighted by Crippen LogP contribution is -2.59. The zero-order chi connectivity index (χ0) is 12.8. The molecule has 0 spiro atoms. The number of hydrogen-bond acceptors (Lipinski definition) is 3. The molecule has 3 heteroatoms. The van der Waals surface area contributed by atoms with Crippen molar-refractivity contribution in [1.29, 1.82) is 0 Å². The quantitative estimate of drug-likeness (QED) is 0.670. The van der Waals surface area contributed by atoms with Gasteiger partial charge in [0.1, 0.15) is 0 Å². The second-order valence-corrected chi connectivity index (χ2v) is 4.79. The van der Waals surface area contributed by atoms with Gasteiger partial charge >= 0.3 is 0 Å². The third-order valence-corrected chi connectivity index (χ3v) is 3.64. The number of hydrogen-bond donors (Lipinski definition) is 2. The van der Waals surface area contributed by atoms with Crippen molar-refractivity contribution in [1.82, 2.24) is 4.90 Å². The van der Waals surface area contributed by atoms with Crippen LogP contribution in [0.3, 0.4) is 0 Å². The highest BCUT2D eigenvalue weighted by Crippen LogP contribution is 2.25. The monoisotopic (exact) mass is 230 g/mol. The van der Waals surface area contributed by atoms with E-state index < -0.39 is 0 Å². The molecule has 0 aromatic rings. The minimum Gasteiger partial charge on any atom is -0.393 e. The van der Waals surface area contributed by atoms with Gasteiger partial charge in [-0.15, -0.1) is 0 Å². The van der Waals surface area contributed by atoms with Crippen molar-refractivity contribution in [2.45, 2.75) is 71.6 Å². The van der Waals surface area contributed by atoms with E-state index in [0.29, 0.717) is 12.5 Å². The Morgan fingerprint density at radius 3 is 1.94 bits per heavy atom. The van der Waals surface area contributed by atoms with E-state index >= 15 is 0 Å². The summed E-state index contributed by atoms with van der Waals surface area (Å²) in [6, 6.07) is 0.363. The van der Waals surface area contributed by atoms with E-state index in [1.165, 1.54) is 0 Å². The van der Waals surface area contributed by atoms with Gasteiger partial charge in [0, 0.05) is 11.6 Å². The van der Waals surface area contributed by atoms with Gasteiger partial charge in [-0.1, -0.05) is 27.7 Å². The summed E-state index contributed by atoms with van der Waals surface area (Å²) in [5, 5.41) is 9.59. The summed E-state index contributed by atoms with van der Waals surface area (Å²) in [5.74, 6) is 0. The highest BCUT2D eigenvalue weighted by atomic mass is 16.3. The predicted octanol–water partition coefficient (Wildman–Crippen LogP) is 1.99. The van der Waals surface area contributed by atoms with Crippen molar-refractivity contribution in [3.63, 3.8) is 0 Å². The Balaban J connectivity index is 4.84. The number of aliphatic hydroxyl groups excluding tert-OH is 1. The molecule has 0 saturated carbocycles. The molecule has 16 heavy (non-hydrogen) atoms. The first-order chi connectivity index (χ1) is 7.45. The second-order valence-electron chi connectivity index (χ2n) is 4.79. The number of rotatable bonds is 8. The Bertz CT molecular complexity index is 181. The standard InChI is InChI=1S/C13H30N2O/c1-6-12(15(8-3)9-4)13(14,7-2)10-11(5)16/h11-12,16H,6-10,14H2,1-5H3. The fourth-order valence-electron chi connectivity index (χ4n) is 2.76. The van der Waals surface area contributed by atoms with E-state index in [1.807, 2.05) is 6.92 Å². The van der Waals surface area contributed by atoms with Crippen molar-refractivity contribution in [3.8, 4) is 0 Å². The molecule has 3 nitrogen and oxygen atoms in total.